The van der Waals surface area contributed by atoms with Crippen LogP contribution in [0.5, 0.6) is 5.75 Å². The second kappa shape index (κ2) is 25.2. The summed E-state index contributed by atoms with van der Waals surface area (Å²) in [5.41, 5.74) is 7.24. The molecule has 3 fully saturated rings. The van der Waals surface area contributed by atoms with Crippen molar-refractivity contribution >= 4 is 17.8 Å². The summed E-state index contributed by atoms with van der Waals surface area (Å²) in [5, 5.41) is 120. The molecular weight excluding hydrogens is 904 g/mol. The van der Waals surface area contributed by atoms with Gasteiger partial charge in [0.1, 0.15) is 48.9 Å². The number of aliphatic hydroxyl groups is 8. The third kappa shape index (κ3) is 14.1. The minimum Gasteiger partial charge on any atom is -0.507 e. The molecule has 14 atom stereocenters. The van der Waals surface area contributed by atoms with Gasteiger partial charge < -0.3 is 95.9 Å². The van der Waals surface area contributed by atoms with E-state index in [1.54, 1.807) is 20.0 Å². The number of nitrogens with one attached hydrogen (secondary N) is 2. The van der Waals surface area contributed by atoms with Gasteiger partial charge in [-0.1, -0.05) is 24.5 Å². The zero-order valence-corrected chi connectivity index (χ0v) is 38.3. The first-order valence-corrected chi connectivity index (χ1v) is 22.7. The summed E-state index contributed by atoms with van der Waals surface area (Å²) < 4.78 is 35.6. The Balaban J connectivity index is 1.34. The Kier molecular flexibility index (Phi) is 20.3. The van der Waals surface area contributed by atoms with Gasteiger partial charge in [-0.2, -0.15) is 0 Å². The van der Waals surface area contributed by atoms with E-state index in [2.05, 4.69) is 20.9 Å². The van der Waals surface area contributed by atoms with Gasteiger partial charge in [0.2, 0.25) is 5.91 Å². The fraction of sp³-hybridized carbons (Fsp3) is 0.744. The molecule has 384 valence electrons. The number of amides is 2. The summed E-state index contributed by atoms with van der Waals surface area (Å²) in [5.74, 6) is -5.63. The molecule has 0 radical (unpaired) electrons. The van der Waals surface area contributed by atoms with Crippen LogP contribution in [-0.2, 0) is 44.6 Å². The molecule has 0 spiro atoms. The maximum Gasteiger partial charge on any atom is 0.364 e. The number of nitrogens with two attached hydrogens (primary N) is 1. The summed E-state index contributed by atoms with van der Waals surface area (Å²) in [6, 6.07) is 1.52. The number of aliphatic hydroxyl groups excluding tert-OH is 8. The number of aromatic nitrogens is 3. The summed E-state index contributed by atoms with van der Waals surface area (Å²) in [4.78, 5) is 39.8. The maximum absolute atomic E-state index is 13.5. The van der Waals surface area contributed by atoms with Crippen LogP contribution in [0.4, 0.5) is 0 Å². The first-order chi connectivity index (χ1) is 32.3. The number of nitrogens with zero attached hydrogens (tertiary/aromatic N) is 3. The smallest absolute Gasteiger partial charge is 0.364 e. The Hall–Kier alpha value is -4.03. The van der Waals surface area contributed by atoms with Crippen LogP contribution in [-0.4, -0.2) is 209 Å². The molecule has 5 rings (SSSR count). The normalized spacial score (nSPS) is 29.1. The molecule has 3 aliphatic rings. The second-order valence-electron chi connectivity index (χ2n) is 17.6. The molecule has 9 unspecified atom stereocenters. The Morgan fingerprint density at radius 3 is 2.34 bits per heavy atom. The number of ether oxygens (including phenoxy) is 6. The van der Waals surface area contributed by atoms with Crippen molar-refractivity contribution in [3.63, 3.8) is 0 Å². The molecule has 2 aliphatic heterocycles. The first-order valence-electron chi connectivity index (χ1n) is 22.7. The first kappa shape index (κ1) is 54.9. The zero-order chi connectivity index (χ0) is 49.9. The highest BCUT2D eigenvalue weighted by molar-refractivity contribution is 5.94. The van der Waals surface area contributed by atoms with E-state index < -0.39 is 142 Å². The van der Waals surface area contributed by atoms with Crippen molar-refractivity contribution in [2.75, 3.05) is 39.5 Å². The number of hydrogen-bond acceptors (Lipinski definition) is 21. The van der Waals surface area contributed by atoms with E-state index in [9.17, 15) is 65.4 Å². The van der Waals surface area contributed by atoms with E-state index in [4.69, 9.17) is 34.2 Å². The van der Waals surface area contributed by atoms with E-state index in [1.807, 2.05) is 0 Å². The highest BCUT2D eigenvalue weighted by Gasteiger charge is 2.54. The number of aryl methyl sites for hydroxylation is 2. The lowest BCUT2D eigenvalue weighted by Gasteiger charge is -2.46. The molecule has 25 heteroatoms. The third-order valence-electron chi connectivity index (χ3n) is 12.3. The minimum atomic E-state index is -2.77. The highest BCUT2D eigenvalue weighted by atomic mass is 16.8. The lowest BCUT2D eigenvalue weighted by Crippen LogP contribution is -2.65. The average Bonchev–Trinajstić information content (AvgIpc) is 3.78. The second-order valence-corrected chi connectivity index (χ2v) is 17.6. The van der Waals surface area contributed by atoms with E-state index in [-0.39, 0.29) is 36.9 Å². The quantitative estimate of drug-likeness (QED) is 0.0454. The van der Waals surface area contributed by atoms with Gasteiger partial charge in [-0.05, 0) is 56.9 Å². The SMILES string of the molecule is Cc1cc(C(=O)NC[C@@H](O)CC2O[C@@](OCC(OC(OC3C(CO)OC(OCCN)C(O)C3O)[C@@H](O)CO)[C@@H](C)O)(C(=O)O)C[C@@H](O)C2NC(=O)Cn2cc(C3CCCCC3)nn2)cc(C)c1O. The van der Waals surface area contributed by atoms with Gasteiger partial charge in [-0.25, -0.2) is 9.48 Å². The molecule has 68 heavy (non-hydrogen) atoms. The minimum absolute atomic E-state index is 0.0114. The van der Waals surface area contributed by atoms with Gasteiger partial charge in [0, 0.05) is 43.6 Å². The van der Waals surface area contributed by atoms with Gasteiger partial charge in [0.15, 0.2) is 12.6 Å². The van der Waals surface area contributed by atoms with Crippen molar-refractivity contribution in [1.82, 2.24) is 25.6 Å². The van der Waals surface area contributed by atoms with Crippen LogP contribution in [0.25, 0.3) is 0 Å². The van der Waals surface area contributed by atoms with Gasteiger partial charge in [-0.3, -0.25) is 9.59 Å². The van der Waals surface area contributed by atoms with Crippen LogP contribution < -0.4 is 16.4 Å². The molecular formula is C43H68N6O19. The molecule has 0 bridgehead atoms. The van der Waals surface area contributed by atoms with Gasteiger partial charge in [-0.15, -0.1) is 5.10 Å². The van der Waals surface area contributed by atoms with Crippen molar-refractivity contribution in [2.45, 2.75) is 164 Å². The number of aromatic hydroxyl groups is 1. The monoisotopic (exact) mass is 972 g/mol. The molecule has 2 saturated heterocycles. The summed E-state index contributed by atoms with van der Waals surface area (Å²) >= 11 is 0. The zero-order valence-electron chi connectivity index (χ0n) is 38.3. The predicted molar refractivity (Wildman–Crippen MR) is 231 cm³/mol. The molecule has 1 saturated carbocycles. The number of carboxylic acid groups (broad SMARTS) is 1. The standard InChI is InChI=1S/C43H68N6O19/c1-21-11-25(12-22(2)35(21)57)39(60)45-15-26(53)13-30-34(46-33(56)17-49-16-27(47-48-49)24-7-5-4-6-8-24)28(54)14-43(68-30,42(61)62)64-20-32(23(3)52)66-40(29(55)18-50)67-38-31(19-51)65-41(63-10-9-44)37(59)36(38)58/h11-12,16,23-24,26,28-32,34,36-38,40-41,50-55,57-59H,4-10,13-15,17-20,44H2,1-3H3,(H,45,60)(H,46,56)(H,61,62)/t23-,26+,28-,29+,30?,31?,32?,34?,36?,37?,38?,40?,41?,43-/m1/s1. The van der Waals surface area contributed by atoms with E-state index in [1.165, 1.54) is 23.7 Å². The Morgan fingerprint density at radius 2 is 1.72 bits per heavy atom. The lowest BCUT2D eigenvalue weighted by molar-refractivity contribution is -0.346. The molecule has 25 nitrogen and oxygen atoms in total. The Bertz CT molecular complexity index is 1910. The summed E-state index contributed by atoms with van der Waals surface area (Å²) in [7, 11) is 0. The fourth-order valence-corrected chi connectivity index (χ4v) is 8.48. The van der Waals surface area contributed by atoms with Crippen molar-refractivity contribution in [1.29, 1.82) is 0 Å². The topological polar surface area (TPSA) is 390 Å². The van der Waals surface area contributed by atoms with E-state index >= 15 is 0 Å². The number of benzene rings is 1. The van der Waals surface area contributed by atoms with Crippen molar-refractivity contribution < 1.29 is 93.9 Å². The number of rotatable bonds is 24. The lowest BCUT2D eigenvalue weighted by atomic mass is 9.87. The Labute approximate surface area is 392 Å². The number of phenols is 1. The molecule has 1 aromatic carbocycles. The third-order valence-corrected chi connectivity index (χ3v) is 12.3. The van der Waals surface area contributed by atoms with Crippen LogP contribution in [0.15, 0.2) is 18.3 Å². The van der Waals surface area contributed by atoms with Crippen molar-refractivity contribution in [3.05, 3.63) is 40.7 Å². The average molecular weight is 973 g/mol. The highest BCUT2D eigenvalue weighted by Crippen LogP contribution is 2.35. The number of aliphatic carboxylic acids is 1. The van der Waals surface area contributed by atoms with Crippen LogP contribution in [0.3, 0.4) is 0 Å². The molecule has 3 heterocycles. The predicted octanol–water partition coefficient (Wildman–Crippen LogP) is -3.49. The van der Waals surface area contributed by atoms with Crippen molar-refractivity contribution in [2.24, 2.45) is 5.73 Å². The maximum atomic E-state index is 13.5. The number of carboxylic acids is 1. The molecule has 14 N–H and O–H groups in total. The molecule has 2 aromatic rings. The number of carbonyl (C=O) groups excluding carboxylic acids is 2. The summed E-state index contributed by atoms with van der Waals surface area (Å²) in [6.07, 6.45) is -14.5. The van der Waals surface area contributed by atoms with Crippen LogP contribution in [0.2, 0.25) is 0 Å². The number of hydrogen-bond donors (Lipinski definition) is 13. The largest absolute Gasteiger partial charge is 0.507 e. The van der Waals surface area contributed by atoms with Crippen LogP contribution in [0, 0.1) is 13.8 Å². The van der Waals surface area contributed by atoms with Crippen molar-refractivity contribution in [3.8, 4) is 5.75 Å². The van der Waals surface area contributed by atoms with E-state index in [0.29, 0.717) is 11.1 Å². The van der Waals surface area contributed by atoms with Crippen LogP contribution >= 0.6 is 0 Å². The molecule has 2 amide bonds. The molecule has 1 aliphatic carbocycles. The van der Waals surface area contributed by atoms with Gasteiger partial charge in [0.25, 0.3) is 11.7 Å². The number of carbonyl (C=O) groups is 3. The fourth-order valence-electron chi connectivity index (χ4n) is 8.48. The molecule has 1 aromatic heterocycles. The summed E-state index contributed by atoms with van der Waals surface area (Å²) in [6.45, 7) is 0.907. The van der Waals surface area contributed by atoms with Gasteiger partial charge in [0.05, 0.1) is 62.6 Å². The number of phenolic OH excluding ortho intramolecular Hbond substituents is 1. The van der Waals surface area contributed by atoms with Gasteiger partial charge >= 0.3 is 5.97 Å². The van der Waals surface area contributed by atoms with Crippen LogP contribution in [0.1, 0.15) is 85.0 Å². The van der Waals surface area contributed by atoms with E-state index in [0.717, 1.165) is 37.8 Å². The Morgan fingerprint density at radius 1 is 1.03 bits per heavy atom.